The molecule has 0 saturated heterocycles. The zero-order valence-corrected chi connectivity index (χ0v) is 11.7. The lowest BCUT2D eigenvalue weighted by Crippen LogP contribution is -2.31. The number of nitrogens with zero attached hydrogens (tertiary/aromatic N) is 3. The van der Waals surface area contributed by atoms with Crippen LogP contribution >= 0.6 is 0 Å². The minimum Gasteiger partial charge on any atom is -0.399 e. The lowest BCUT2D eigenvalue weighted by molar-refractivity contribution is 0.721. The average Bonchev–Trinajstić information content (AvgIpc) is 2.53. The van der Waals surface area contributed by atoms with E-state index in [9.17, 15) is 0 Å². The molecule has 2 N–H and O–H groups in total. The molecule has 0 aliphatic carbocycles. The van der Waals surface area contributed by atoms with E-state index in [1.807, 2.05) is 36.5 Å². The van der Waals surface area contributed by atoms with Gasteiger partial charge in [-0.25, -0.2) is 4.98 Å². The van der Waals surface area contributed by atoms with E-state index in [2.05, 4.69) is 22.0 Å². The number of fused-ring (bicyclic) bond motifs is 2. The number of anilines is 2. The number of nitrogen functional groups attached to an aromatic ring is 1. The summed E-state index contributed by atoms with van der Waals surface area (Å²) in [5.74, 6) is 0.932. The summed E-state index contributed by atoms with van der Waals surface area (Å²) in [6.07, 6.45) is 2.88. The molecule has 0 saturated carbocycles. The summed E-state index contributed by atoms with van der Waals surface area (Å²) in [4.78, 5) is 11.5. The highest BCUT2D eigenvalue weighted by atomic mass is 15.2. The van der Waals surface area contributed by atoms with E-state index in [4.69, 9.17) is 10.7 Å². The first-order chi connectivity index (χ1) is 10.3. The van der Waals surface area contributed by atoms with Crippen LogP contribution in [0, 0.1) is 0 Å². The van der Waals surface area contributed by atoms with Crippen LogP contribution in [0.25, 0.3) is 11.0 Å². The molecule has 4 rings (SSSR count). The van der Waals surface area contributed by atoms with Gasteiger partial charge in [0.15, 0.2) is 0 Å². The van der Waals surface area contributed by atoms with Crippen molar-refractivity contribution >= 4 is 22.5 Å². The Morgan fingerprint density at radius 1 is 1.00 bits per heavy atom. The molecule has 4 heteroatoms. The van der Waals surface area contributed by atoms with Gasteiger partial charge in [-0.2, -0.15) is 0 Å². The van der Waals surface area contributed by atoms with Crippen molar-refractivity contribution in [2.45, 2.75) is 13.0 Å². The highest BCUT2D eigenvalue weighted by Crippen LogP contribution is 2.25. The predicted octanol–water partition coefficient (Wildman–Crippen LogP) is 2.77. The van der Waals surface area contributed by atoms with Gasteiger partial charge >= 0.3 is 0 Å². The van der Waals surface area contributed by atoms with Crippen molar-refractivity contribution < 1.29 is 0 Å². The molecule has 2 heterocycles. The average molecular weight is 276 g/mol. The Morgan fingerprint density at radius 3 is 2.76 bits per heavy atom. The van der Waals surface area contributed by atoms with E-state index in [0.29, 0.717) is 0 Å². The predicted molar refractivity (Wildman–Crippen MR) is 85.1 cm³/mol. The third-order valence-corrected chi connectivity index (χ3v) is 4.00. The van der Waals surface area contributed by atoms with Gasteiger partial charge in [-0.15, -0.1) is 0 Å². The van der Waals surface area contributed by atoms with Crippen molar-refractivity contribution in [1.29, 1.82) is 0 Å². The van der Waals surface area contributed by atoms with Crippen LogP contribution in [0.15, 0.2) is 48.7 Å². The summed E-state index contributed by atoms with van der Waals surface area (Å²) in [6, 6.07) is 14.1. The third-order valence-electron chi connectivity index (χ3n) is 4.00. The monoisotopic (exact) mass is 276 g/mol. The van der Waals surface area contributed by atoms with Crippen LogP contribution in [0.3, 0.4) is 0 Å². The zero-order valence-electron chi connectivity index (χ0n) is 11.7. The number of rotatable bonds is 1. The van der Waals surface area contributed by atoms with E-state index in [1.165, 1.54) is 11.1 Å². The van der Waals surface area contributed by atoms with Gasteiger partial charge in [0.1, 0.15) is 5.82 Å². The smallest absolute Gasteiger partial charge is 0.148 e. The SMILES string of the molecule is Nc1ccc2c(c1)CN(c1cnc3ccccc3n1)CC2. The molecule has 1 aliphatic rings. The summed E-state index contributed by atoms with van der Waals surface area (Å²) in [7, 11) is 0. The highest BCUT2D eigenvalue weighted by molar-refractivity contribution is 5.75. The lowest BCUT2D eigenvalue weighted by atomic mass is 9.99. The second kappa shape index (κ2) is 4.74. The van der Waals surface area contributed by atoms with Crippen molar-refractivity contribution in [3.8, 4) is 0 Å². The quantitative estimate of drug-likeness (QED) is 0.694. The van der Waals surface area contributed by atoms with Crippen molar-refractivity contribution in [3.63, 3.8) is 0 Å². The fourth-order valence-electron chi connectivity index (χ4n) is 2.87. The Bertz CT molecular complexity index is 813. The minimum atomic E-state index is 0.820. The summed E-state index contributed by atoms with van der Waals surface area (Å²) in [5, 5.41) is 0. The Kier molecular flexibility index (Phi) is 2.74. The van der Waals surface area contributed by atoms with E-state index in [0.717, 1.165) is 42.0 Å². The van der Waals surface area contributed by atoms with Gasteiger partial charge < -0.3 is 10.6 Å². The standard InChI is InChI=1S/C17H16N4/c18-14-6-5-12-7-8-21(11-13(12)9-14)17-10-19-15-3-1-2-4-16(15)20-17/h1-6,9-10H,7-8,11,18H2. The molecule has 104 valence electrons. The Labute approximate surface area is 123 Å². The van der Waals surface area contributed by atoms with Crippen molar-refractivity contribution in [2.24, 2.45) is 0 Å². The molecule has 0 spiro atoms. The van der Waals surface area contributed by atoms with Crippen LogP contribution in [0.1, 0.15) is 11.1 Å². The van der Waals surface area contributed by atoms with Gasteiger partial charge in [-0.05, 0) is 41.8 Å². The van der Waals surface area contributed by atoms with Crippen molar-refractivity contribution in [2.75, 3.05) is 17.2 Å². The van der Waals surface area contributed by atoms with Crippen molar-refractivity contribution in [3.05, 3.63) is 59.8 Å². The molecular formula is C17H16N4. The molecule has 21 heavy (non-hydrogen) atoms. The van der Waals surface area contributed by atoms with Crippen LogP contribution in [0.5, 0.6) is 0 Å². The van der Waals surface area contributed by atoms with E-state index in [1.54, 1.807) is 0 Å². The lowest BCUT2D eigenvalue weighted by Gasteiger charge is -2.29. The second-order valence-corrected chi connectivity index (χ2v) is 5.42. The van der Waals surface area contributed by atoms with Crippen molar-refractivity contribution in [1.82, 2.24) is 9.97 Å². The molecule has 0 fully saturated rings. The third kappa shape index (κ3) is 2.18. The number of hydrogen-bond acceptors (Lipinski definition) is 4. The maximum atomic E-state index is 5.89. The molecule has 0 bridgehead atoms. The summed E-state index contributed by atoms with van der Waals surface area (Å²) in [5.41, 5.74) is 11.3. The van der Waals surface area contributed by atoms with Gasteiger partial charge in [0.2, 0.25) is 0 Å². The van der Waals surface area contributed by atoms with Gasteiger partial charge in [0, 0.05) is 18.8 Å². The molecular weight excluding hydrogens is 260 g/mol. The molecule has 3 aromatic rings. The number of nitrogens with two attached hydrogens (primary N) is 1. The highest BCUT2D eigenvalue weighted by Gasteiger charge is 2.18. The first-order valence-electron chi connectivity index (χ1n) is 7.13. The molecule has 0 amide bonds. The summed E-state index contributed by atoms with van der Waals surface area (Å²) in [6.45, 7) is 1.80. The van der Waals surface area contributed by atoms with E-state index < -0.39 is 0 Å². The maximum Gasteiger partial charge on any atom is 0.148 e. The molecule has 4 nitrogen and oxygen atoms in total. The largest absolute Gasteiger partial charge is 0.399 e. The second-order valence-electron chi connectivity index (χ2n) is 5.42. The van der Waals surface area contributed by atoms with Gasteiger partial charge in [0.05, 0.1) is 17.2 Å². The molecule has 0 radical (unpaired) electrons. The van der Waals surface area contributed by atoms with Crippen LogP contribution in [-0.4, -0.2) is 16.5 Å². The number of aromatic nitrogens is 2. The van der Waals surface area contributed by atoms with Crippen LogP contribution < -0.4 is 10.6 Å². The number of hydrogen-bond donors (Lipinski definition) is 1. The first kappa shape index (κ1) is 12.1. The summed E-state index contributed by atoms with van der Waals surface area (Å²) < 4.78 is 0. The zero-order chi connectivity index (χ0) is 14.2. The van der Waals surface area contributed by atoms with Crippen LogP contribution in [0.2, 0.25) is 0 Å². The normalized spacial score (nSPS) is 14.2. The first-order valence-corrected chi connectivity index (χ1v) is 7.13. The number of para-hydroxylation sites is 2. The topological polar surface area (TPSA) is 55.0 Å². The Morgan fingerprint density at radius 2 is 1.86 bits per heavy atom. The van der Waals surface area contributed by atoms with Gasteiger partial charge in [0.25, 0.3) is 0 Å². The molecule has 0 unspecified atom stereocenters. The summed E-state index contributed by atoms with van der Waals surface area (Å²) >= 11 is 0. The fourth-order valence-corrected chi connectivity index (χ4v) is 2.87. The Balaban J connectivity index is 1.70. The molecule has 2 aromatic carbocycles. The fraction of sp³-hybridized carbons (Fsp3) is 0.176. The Hall–Kier alpha value is -2.62. The van der Waals surface area contributed by atoms with Crippen LogP contribution in [-0.2, 0) is 13.0 Å². The number of benzene rings is 2. The van der Waals surface area contributed by atoms with Gasteiger partial charge in [-0.3, -0.25) is 4.98 Å². The molecule has 1 aliphatic heterocycles. The molecule has 1 aromatic heterocycles. The molecule has 0 atom stereocenters. The van der Waals surface area contributed by atoms with Gasteiger partial charge in [-0.1, -0.05) is 18.2 Å². The van der Waals surface area contributed by atoms with E-state index in [-0.39, 0.29) is 0 Å². The van der Waals surface area contributed by atoms with E-state index >= 15 is 0 Å². The maximum absolute atomic E-state index is 5.89. The minimum absolute atomic E-state index is 0.820. The van der Waals surface area contributed by atoms with Crippen LogP contribution in [0.4, 0.5) is 11.5 Å².